The summed E-state index contributed by atoms with van der Waals surface area (Å²) in [5, 5.41) is 4.37. The second kappa shape index (κ2) is 7.35. The van der Waals surface area contributed by atoms with Crippen molar-refractivity contribution >= 4 is 22.1 Å². The Labute approximate surface area is 151 Å². The smallest absolute Gasteiger partial charge is 0.288 e. The molecular formula is C16H20FN3O3S2. The number of sulfone groups is 1. The number of benzene rings is 1. The molecule has 1 fully saturated rings. The molecule has 2 heterocycles. The van der Waals surface area contributed by atoms with Gasteiger partial charge in [-0.05, 0) is 49.3 Å². The van der Waals surface area contributed by atoms with Gasteiger partial charge in [0, 0.05) is 13.0 Å². The van der Waals surface area contributed by atoms with Gasteiger partial charge >= 0.3 is 0 Å². The van der Waals surface area contributed by atoms with Crippen LogP contribution in [0.5, 0.6) is 0 Å². The third kappa shape index (κ3) is 4.96. The van der Waals surface area contributed by atoms with E-state index in [1.807, 2.05) is 11.9 Å². The molecule has 0 unspecified atom stereocenters. The van der Waals surface area contributed by atoms with Gasteiger partial charge in [0.15, 0.2) is 9.84 Å². The highest BCUT2D eigenvalue weighted by atomic mass is 32.2. The van der Waals surface area contributed by atoms with Crippen LogP contribution in [0.25, 0.3) is 0 Å². The highest BCUT2D eigenvalue weighted by Crippen LogP contribution is 2.22. The first-order chi connectivity index (χ1) is 11.8. The fourth-order valence-electron chi connectivity index (χ4n) is 2.98. The van der Waals surface area contributed by atoms with Gasteiger partial charge in [0.25, 0.3) is 4.84 Å². The maximum atomic E-state index is 13.0. The summed E-state index contributed by atoms with van der Waals surface area (Å²) in [7, 11) is -1.01. The van der Waals surface area contributed by atoms with Crippen molar-refractivity contribution in [2.24, 2.45) is 5.92 Å². The number of aromatic nitrogens is 2. The lowest BCUT2D eigenvalue weighted by Crippen LogP contribution is -2.22. The number of hydrogen-bond acceptors (Lipinski definition) is 6. The van der Waals surface area contributed by atoms with Gasteiger partial charge in [-0.1, -0.05) is 12.1 Å². The Morgan fingerprint density at radius 1 is 1.40 bits per heavy atom. The molecule has 0 aliphatic carbocycles. The van der Waals surface area contributed by atoms with Crippen molar-refractivity contribution in [3.8, 4) is 0 Å². The first-order valence-electron chi connectivity index (χ1n) is 8.01. The fourth-order valence-corrected chi connectivity index (χ4v) is 5.04. The Balaban J connectivity index is 1.60. The summed E-state index contributed by atoms with van der Waals surface area (Å²) in [5.41, 5.74) is 0.982. The van der Waals surface area contributed by atoms with E-state index in [-0.39, 0.29) is 28.1 Å². The van der Waals surface area contributed by atoms with Crippen LogP contribution in [0.1, 0.15) is 17.9 Å². The third-order valence-electron chi connectivity index (χ3n) is 4.18. The van der Waals surface area contributed by atoms with Gasteiger partial charge < -0.3 is 4.42 Å². The lowest BCUT2D eigenvalue weighted by atomic mass is 10.1. The normalized spacial score (nSPS) is 19.6. The fraction of sp³-hybridized carbons (Fsp3) is 0.500. The first kappa shape index (κ1) is 18.2. The Morgan fingerprint density at radius 2 is 2.12 bits per heavy atom. The van der Waals surface area contributed by atoms with Crippen molar-refractivity contribution in [2.75, 3.05) is 18.6 Å². The van der Waals surface area contributed by atoms with E-state index in [1.165, 1.54) is 12.1 Å². The van der Waals surface area contributed by atoms with Crippen LogP contribution in [0, 0.1) is 16.6 Å². The van der Waals surface area contributed by atoms with E-state index >= 15 is 0 Å². The number of hydrogen-bond donors (Lipinski definition) is 0. The zero-order valence-corrected chi connectivity index (χ0v) is 15.5. The zero-order chi connectivity index (χ0) is 18.0. The average molecular weight is 385 g/mol. The van der Waals surface area contributed by atoms with Crippen LogP contribution < -0.4 is 0 Å². The summed E-state index contributed by atoms with van der Waals surface area (Å²) in [6.07, 6.45) is 1.12. The number of nitrogens with zero attached hydrogens (tertiary/aromatic N) is 3. The summed E-state index contributed by atoms with van der Waals surface area (Å²) >= 11 is 5.20. The molecule has 25 heavy (non-hydrogen) atoms. The second-order valence-electron chi connectivity index (χ2n) is 6.52. The van der Waals surface area contributed by atoms with E-state index < -0.39 is 9.84 Å². The predicted molar refractivity (Wildman–Crippen MR) is 93.7 cm³/mol. The summed E-state index contributed by atoms with van der Waals surface area (Å²) in [6, 6.07) is 6.33. The maximum absolute atomic E-state index is 13.0. The lowest BCUT2D eigenvalue weighted by Gasteiger charge is -2.15. The van der Waals surface area contributed by atoms with E-state index in [0.717, 1.165) is 5.56 Å². The van der Waals surface area contributed by atoms with Gasteiger partial charge in [-0.25, -0.2) is 17.5 Å². The summed E-state index contributed by atoms with van der Waals surface area (Å²) in [6.45, 7) is 1.05. The standard InChI is InChI=1S/C16H20FN3O3S2/c1-19(9-12-2-4-14(17)5-3-12)11-20-16(24)23-15(18-20)8-13-6-7-25(21,22)10-13/h2-5,13H,6-11H2,1H3/t13-/m0/s1. The van der Waals surface area contributed by atoms with Crippen molar-refractivity contribution in [2.45, 2.75) is 26.1 Å². The molecule has 0 amide bonds. The van der Waals surface area contributed by atoms with Gasteiger partial charge in [0.05, 0.1) is 18.2 Å². The quantitative estimate of drug-likeness (QED) is 0.712. The Bertz CT molecular complexity index is 890. The first-order valence-corrected chi connectivity index (χ1v) is 10.2. The minimum absolute atomic E-state index is 0.0449. The molecule has 1 aliphatic heterocycles. The summed E-state index contributed by atoms with van der Waals surface area (Å²) < 4.78 is 43.1. The maximum Gasteiger partial charge on any atom is 0.288 e. The summed E-state index contributed by atoms with van der Waals surface area (Å²) in [4.78, 5) is 2.25. The van der Waals surface area contributed by atoms with Crippen LogP contribution >= 0.6 is 12.2 Å². The molecule has 1 aromatic heterocycles. The van der Waals surface area contributed by atoms with E-state index in [1.54, 1.807) is 16.8 Å². The molecule has 9 heteroatoms. The molecule has 1 atom stereocenters. The van der Waals surface area contributed by atoms with Crippen LogP contribution in [0.4, 0.5) is 4.39 Å². The molecule has 1 aromatic carbocycles. The van der Waals surface area contributed by atoms with Crippen LogP contribution in [0.3, 0.4) is 0 Å². The molecule has 0 bridgehead atoms. The molecular weight excluding hydrogens is 365 g/mol. The monoisotopic (exact) mass is 385 g/mol. The van der Waals surface area contributed by atoms with E-state index in [0.29, 0.717) is 31.9 Å². The van der Waals surface area contributed by atoms with Crippen LogP contribution in [0.15, 0.2) is 28.7 Å². The highest BCUT2D eigenvalue weighted by Gasteiger charge is 2.29. The number of halogens is 1. The van der Waals surface area contributed by atoms with Gasteiger partial charge in [-0.15, -0.1) is 5.10 Å². The Hall–Kier alpha value is -1.58. The van der Waals surface area contributed by atoms with Crippen molar-refractivity contribution in [3.63, 3.8) is 0 Å². The van der Waals surface area contributed by atoms with Crippen molar-refractivity contribution < 1.29 is 17.2 Å². The van der Waals surface area contributed by atoms with Crippen LogP contribution in [-0.4, -0.2) is 41.7 Å². The largest absolute Gasteiger partial charge is 0.414 e. The minimum atomic E-state index is -2.91. The molecule has 0 N–H and O–H groups in total. The highest BCUT2D eigenvalue weighted by molar-refractivity contribution is 7.91. The zero-order valence-electron chi connectivity index (χ0n) is 13.9. The molecule has 1 saturated heterocycles. The Kier molecular flexibility index (Phi) is 5.35. The molecule has 136 valence electrons. The topological polar surface area (TPSA) is 68.3 Å². The molecule has 2 aromatic rings. The van der Waals surface area contributed by atoms with Gasteiger partial charge in [0.2, 0.25) is 5.89 Å². The van der Waals surface area contributed by atoms with Crippen molar-refractivity contribution in [1.82, 2.24) is 14.7 Å². The molecule has 0 spiro atoms. The van der Waals surface area contributed by atoms with E-state index in [2.05, 4.69) is 5.10 Å². The predicted octanol–water partition coefficient (Wildman–Crippen LogP) is 2.41. The van der Waals surface area contributed by atoms with Gasteiger partial charge in [0.1, 0.15) is 5.82 Å². The molecule has 6 nitrogen and oxygen atoms in total. The average Bonchev–Trinajstić information content (AvgIpc) is 3.04. The Morgan fingerprint density at radius 3 is 2.76 bits per heavy atom. The van der Waals surface area contributed by atoms with Crippen LogP contribution in [-0.2, 0) is 29.5 Å². The third-order valence-corrected chi connectivity index (χ3v) is 6.31. The minimum Gasteiger partial charge on any atom is -0.414 e. The van der Waals surface area contributed by atoms with Crippen molar-refractivity contribution in [1.29, 1.82) is 0 Å². The number of rotatable bonds is 6. The van der Waals surface area contributed by atoms with Crippen LogP contribution in [0.2, 0.25) is 0 Å². The van der Waals surface area contributed by atoms with E-state index in [9.17, 15) is 12.8 Å². The van der Waals surface area contributed by atoms with E-state index in [4.69, 9.17) is 16.6 Å². The molecule has 3 rings (SSSR count). The summed E-state index contributed by atoms with van der Waals surface area (Å²) in [5.74, 6) is 0.681. The molecule has 1 aliphatic rings. The van der Waals surface area contributed by atoms with Gasteiger partial charge in [-0.2, -0.15) is 0 Å². The molecule has 0 radical (unpaired) electrons. The van der Waals surface area contributed by atoms with Gasteiger partial charge in [-0.3, -0.25) is 4.90 Å². The van der Waals surface area contributed by atoms with Crippen molar-refractivity contribution in [3.05, 3.63) is 46.4 Å². The molecule has 0 saturated carbocycles. The SMILES string of the molecule is CN(Cc1ccc(F)cc1)Cn1nc(C[C@@H]2CCS(=O)(=O)C2)oc1=S. The second-order valence-corrected chi connectivity index (χ2v) is 9.09. The lowest BCUT2D eigenvalue weighted by molar-refractivity contribution is 0.240.